The quantitative estimate of drug-likeness (QED) is 0.808. The van der Waals surface area contributed by atoms with E-state index in [-0.39, 0.29) is 11.8 Å². The van der Waals surface area contributed by atoms with Crippen LogP contribution in [0.15, 0.2) is 48.6 Å². The smallest absolute Gasteiger partial charge is 0.321 e. The van der Waals surface area contributed by atoms with Crippen LogP contribution in [-0.2, 0) is 0 Å². The fourth-order valence-corrected chi connectivity index (χ4v) is 4.56. The second kappa shape index (κ2) is 6.34. The molecule has 1 heterocycles. The SMILES string of the molecule is O=C(Nc1ccc(O)cc1)N1C[C@H]2C[C@@H](C3C=CC=CC3)C[C@H]2C1. The van der Waals surface area contributed by atoms with Gasteiger partial charge in [-0.3, -0.25) is 0 Å². The van der Waals surface area contributed by atoms with Gasteiger partial charge in [0.1, 0.15) is 5.75 Å². The van der Waals surface area contributed by atoms with Gasteiger partial charge in [-0.1, -0.05) is 24.3 Å². The van der Waals surface area contributed by atoms with E-state index in [0.29, 0.717) is 17.8 Å². The zero-order valence-corrected chi connectivity index (χ0v) is 13.8. The molecular formula is C20H24N2O2. The van der Waals surface area contributed by atoms with Crippen LogP contribution in [0.25, 0.3) is 0 Å². The molecular weight excluding hydrogens is 300 g/mol. The molecule has 1 saturated heterocycles. The number of nitrogens with one attached hydrogen (secondary N) is 1. The molecule has 1 unspecified atom stereocenters. The molecule has 0 aromatic heterocycles. The van der Waals surface area contributed by atoms with Crippen molar-refractivity contribution in [3.05, 3.63) is 48.6 Å². The lowest BCUT2D eigenvalue weighted by Crippen LogP contribution is -2.34. The van der Waals surface area contributed by atoms with Gasteiger partial charge in [0.2, 0.25) is 0 Å². The van der Waals surface area contributed by atoms with E-state index < -0.39 is 0 Å². The Balaban J connectivity index is 1.32. The molecule has 2 N–H and O–H groups in total. The highest BCUT2D eigenvalue weighted by Gasteiger charge is 2.43. The van der Waals surface area contributed by atoms with E-state index in [1.165, 1.54) is 19.3 Å². The van der Waals surface area contributed by atoms with Crippen LogP contribution in [0.1, 0.15) is 19.3 Å². The molecule has 2 amide bonds. The Morgan fingerprint density at radius 1 is 1.04 bits per heavy atom. The molecule has 126 valence electrons. The van der Waals surface area contributed by atoms with Crippen LogP contribution in [0, 0.1) is 23.7 Å². The minimum Gasteiger partial charge on any atom is -0.508 e. The number of hydrogen-bond donors (Lipinski definition) is 2. The van der Waals surface area contributed by atoms with Crippen LogP contribution >= 0.6 is 0 Å². The fourth-order valence-electron chi connectivity index (χ4n) is 4.56. The molecule has 0 bridgehead atoms. The summed E-state index contributed by atoms with van der Waals surface area (Å²) >= 11 is 0. The molecule has 2 fully saturated rings. The average Bonchev–Trinajstić information content (AvgIpc) is 3.17. The van der Waals surface area contributed by atoms with Gasteiger partial charge >= 0.3 is 6.03 Å². The zero-order valence-electron chi connectivity index (χ0n) is 13.8. The number of carbonyl (C=O) groups excluding carboxylic acids is 1. The first kappa shape index (κ1) is 15.3. The maximum Gasteiger partial charge on any atom is 0.321 e. The van der Waals surface area contributed by atoms with Gasteiger partial charge in [-0.15, -0.1) is 0 Å². The summed E-state index contributed by atoms with van der Waals surface area (Å²) in [5, 5.41) is 12.2. The normalized spacial score (nSPS) is 31.2. The number of aromatic hydroxyl groups is 1. The van der Waals surface area contributed by atoms with Crippen LogP contribution in [-0.4, -0.2) is 29.1 Å². The van der Waals surface area contributed by atoms with Crippen molar-refractivity contribution in [2.24, 2.45) is 23.7 Å². The predicted molar refractivity (Wildman–Crippen MR) is 94.8 cm³/mol. The number of amides is 2. The predicted octanol–water partition coefficient (Wildman–Crippen LogP) is 4.01. The number of allylic oxidation sites excluding steroid dienone is 4. The highest BCUT2D eigenvalue weighted by molar-refractivity contribution is 5.89. The van der Waals surface area contributed by atoms with Gasteiger partial charge in [0, 0.05) is 18.8 Å². The molecule has 4 rings (SSSR count). The van der Waals surface area contributed by atoms with Crippen molar-refractivity contribution < 1.29 is 9.90 Å². The summed E-state index contributed by atoms with van der Waals surface area (Å²) in [5.74, 6) is 2.99. The number of fused-ring (bicyclic) bond motifs is 1. The van der Waals surface area contributed by atoms with Crippen molar-refractivity contribution in [3.63, 3.8) is 0 Å². The first-order valence-electron chi connectivity index (χ1n) is 8.87. The van der Waals surface area contributed by atoms with Crippen LogP contribution in [0.3, 0.4) is 0 Å². The van der Waals surface area contributed by atoms with E-state index in [0.717, 1.165) is 24.7 Å². The Morgan fingerprint density at radius 2 is 1.75 bits per heavy atom. The van der Waals surface area contributed by atoms with E-state index in [2.05, 4.69) is 29.6 Å². The molecule has 4 atom stereocenters. The topological polar surface area (TPSA) is 52.6 Å². The zero-order chi connectivity index (χ0) is 16.5. The summed E-state index contributed by atoms with van der Waals surface area (Å²) in [4.78, 5) is 14.4. The third-order valence-corrected chi connectivity index (χ3v) is 5.81. The Hall–Kier alpha value is -2.23. The summed E-state index contributed by atoms with van der Waals surface area (Å²) in [7, 11) is 0. The van der Waals surface area contributed by atoms with Gasteiger partial charge in [0.15, 0.2) is 0 Å². The van der Waals surface area contributed by atoms with Gasteiger partial charge in [-0.2, -0.15) is 0 Å². The lowest BCUT2D eigenvalue weighted by molar-refractivity contribution is 0.216. The first-order chi connectivity index (χ1) is 11.7. The number of likely N-dealkylation sites (tertiary alicyclic amines) is 1. The van der Waals surface area contributed by atoms with E-state index >= 15 is 0 Å². The van der Waals surface area contributed by atoms with E-state index in [1.807, 2.05) is 4.90 Å². The summed E-state index contributed by atoms with van der Waals surface area (Å²) in [6, 6.07) is 6.61. The van der Waals surface area contributed by atoms with Gasteiger partial charge in [0.05, 0.1) is 0 Å². The summed E-state index contributed by atoms with van der Waals surface area (Å²) in [6.07, 6.45) is 12.6. The third-order valence-electron chi connectivity index (χ3n) is 5.81. The molecule has 1 saturated carbocycles. The van der Waals surface area contributed by atoms with Crippen LogP contribution < -0.4 is 5.32 Å². The second-order valence-corrected chi connectivity index (χ2v) is 7.35. The van der Waals surface area contributed by atoms with E-state index in [1.54, 1.807) is 24.3 Å². The molecule has 0 radical (unpaired) electrons. The van der Waals surface area contributed by atoms with Crippen LogP contribution in [0.4, 0.5) is 10.5 Å². The van der Waals surface area contributed by atoms with Gasteiger partial charge < -0.3 is 15.3 Å². The number of anilines is 1. The number of rotatable bonds is 2. The highest BCUT2D eigenvalue weighted by Crippen LogP contribution is 2.46. The maximum absolute atomic E-state index is 12.4. The standard InChI is InChI=1S/C20H24N2O2/c23-19-8-6-18(7-9-19)21-20(24)22-12-16-10-15(11-17(16)13-22)14-4-2-1-3-5-14/h1-4,6-9,14-17,23H,5,10-13H2,(H,21,24)/t14?,15-,16-,17+. The van der Waals surface area contributed by atoms with Crippen molar-refractivity contribution in [1.82, 2.24) is 4.90 Å². The summed E-state index contributed by atoms with van der Waals surface area (Å²) in [6.45, 7) is 1.74. The van der Waals surface area contributed by atoms with Crippen molar-refractivity contribution in [1.29, 1.82) is 0 Å². The highest BCUT2D eigenvalue weighted by atomic mass is 16.3. The van der Waals surface area contributed by atoms with Gasteiger partial charge in [-0.25, -0.2) is 4.79 Å². The van der Waals surface area contributed by atoms with Crippen molar-refractivity contribution in [3.8, 4) is 5.75 Å². The largest absolute Gasteiger partial charge is 0.508 e. The van der Waals surface area contributed by atoms with Crippen LogP contribution in [0.2, 0.25) is 0 Å². The molecule has 1 aliphatic heterocycles. The number of hydrogen-bond acceptors (Lipinski definition) is 2. The molecule has 3 aliphatic rings. The monoisotopic (exact) mass is 324 g/mol. The molecule has 1 aromatic carbocycles. The van der Waals surface area contributed by atoms with Crippen molar-refractivity contribution in [2.45, 2.75) is 19.3 Å². The first-order valence-corrected chi connectivity index (χ1v) is 8.87. The van der Waals surface area contributed by atoms with Crippen molar-refractivity contribution >= 4 is 11.7 Å². The second-order valence-electron chi connectivity index (χ2n) is 7.35. The molecule has 24 heavy (non-hydrogen) atoms. The van der Waals surface area contributed by atoms with E-state index in [9.17, 15) is 9.90 Å². The van der Waals surface area contributed by atoms with Gasteiger partial charge in [0.25, 0.3) is 0 Å². The molecule has 4 heteroatoms. The average molecular weight is 324 g/mol. The number of urea groups is 1. The number of nitrogens with zero attached hydrogens (tertiary/aromatic N) is 1. The Kier molecular flexibility index (Phi) is 4.05. The Morgan fingerprint density at radius 3 is 2.38 bits per heavy atom. The third kappa shape index (κ3) is 3.05. The summed E-state index contributed by atoms with van der Waals surface area (Å²) in [5.41, 5.74) is 0.729. The van der Waals surface area contributed by atoms with Crippen LogP contribution in [0.5, 0.6) is 5.75 Å². The lowest BCUT2D eigenvalue weighted by Gasteiger charge is -2.24. The summed E-state index contributed by atoms with van der Waals surface area (Å²) < 4.78 is 0. The lowest BCUT2D eigenvalue weighted by atomic mass is 9.85. The number of phenols is 1. The molecule has 0 spiro atoms. The van der Waals surface area contributed by atoms with E-state index in [4.69, 9.17) is 0 Å². The number of benzene rings is 1. The molecule has 1 aromatic rings. The fraction of sp³-hybridized carbons (Fsp3) is 0.450. The maximum atomic E-state index is 12.4. The Bertz CT molecular complexity index is 651. The van der Waals surface area contributed by atoms with Crippen molar-refractivity contribution in [2.75, 3.05) is 18.4 Å². The minimum absolute atomic E-state index is 0.0212. The molecule has 2 aliphatic carbocycles. The minimum atomic E-state index is -0.0212. The number of carbonyl (C=O) groups is 1. The Labute approximate surface area is 142 Å². The number of phenolic OH excluding ortho intramolecular Hbond substituents is 1. The van der Waals surface area contributed by atoms with Gasteiger partial charge in [-0.05, 0) is 67.2 Å². The molecule has 4 nitrogen and oxygen atoms in total.